The molecule has 1 aromatic carbocycles. The van der Waals surface area contributed by atoms with Crippen LogP contribution in [0.3, 0.4) is 0 Å². The highest BCUT2D eigenvalue weighted by molar-refractivity contribution is 7.90. The number of rotatable bonds is 4. The quantitative estimate of drug-likeness (QED) is 0.885. The van der Waals surface area contributed by atoms with Gasteiger partial charge in [-0.25, -0.2) is 12.8 Å². The Labute approximate surface area is 118 Å². The first-order valence-electron chi connectivity index (χ1n) is 6.42. The molecule has 7 heteroatoms. The molecule has 1 aromatic rings. The molecule has 0 saturated carbocycles. The topological polar surface area (TPSA) is 58.6 Å². The molecule has 1 saturated heterocycles. The molecule has 0 unspecified atom stereocenters. The standard InChI is InChI=1S/C13H19FN2O3S/c1-19-13-10(9-16-7-5-15-6-8-16)3-4-11(12(13)14)20(2,17)18/h3-4,15H,5-9H2,1-2H3. The molecule has 2 rings (SSSR count). The average Bonchev–Trinajstić information content (AvgIpc) is 2.39. The molecular formula is C13H19FN2O3S. The van der Waals surface area contributed by atoms with E-state index in [1.807, 2.05) is 0 Å². The highest BCUT2D eigenvalue weighted by Gasteiger charge is 2.22. The van der Waals surface area contributed by atoms with E-state index in [0.29, 0.717) is 12.1 Å². The van der Waals surface area contributed by atoms with Crippen molar-refractivity contribution in [1.82, 2.24) is 10.2 Å². The van der Waals surface area contributed by atoms with Gasteiger partial charge < -0.3 is 10.1 Å². The maximum Gasteiger partial charge on any atom is 0.183 e. The maximum atomic E-state index is 14.2. The molecule has 112 valence electrons. The number of hydrogen-bond acceptors (Lipinski definition) is 5. The van der Waals surface area contributed by atoms with E-state index >= 15 is 0 Å². The number of nitrogens with zero attached hydrogens (tertiary/aromatic N) is 1. The first-order chi connectivity index (χ1) is 9.43. The van der Waals surface area contributed by atoms with Gasteiger partial charge in [0, 0.05) is 44.5 Å². The van der Waals surface area contributed by atoms with Gasteiger partial charge in [0.1, 0.15) is 4.90 Å². The van der Waals surface area contributed by atoms with Crippen molar-refractivity contribution in [3.05, 3.63) is 23.5 Å². The summed E-state index contributed by atoms with van der Waals surface area (Å²) < 4.78 is 42.3. The van der Waals surface area contributed by atoms with Crippen LogP contribution >= 0.6 is 0 Å². The summed E-state index contributed by atoms with van der Waals surface area (Å²) in [6, 6.07) is 2.94. The number of piperazine rings is 1. The second kappa shape index (κ2) is 6.07. The summed E-state index contributed by atoms with van der Waals surface area (Å²) in [7, 11) is -2.24. The first kappa shape index (κ1) is 15.2. The molecule has 1 aliphatic heterocycles. The van der Waals surface area contributed by atoms with Crippen LogP contribution in [-0.4, -0.2) is 52.9 Å². The fourth-order valence-corrected chi connectivity index (χ4v) is 3.05. The minimum Gasteiger partial charge on any atom is -0.493 e. The lowest BCUT2D eigenvalue weighted by Crippen LogP contribution is -2.42. The van der Waals surface area contributed by atoms with Crippen LogP contribution in [0, 0.1) is 5.82 Å². The molecule has 0 atom stereocenters. The lowest BCUT2D eigenvalue weighted by molar-refractivity contribution is 0.229. The van der Waals surface area contributed by atoms with E-state index in [2.05, 4.69) is 10.2 Å². The first-order valence-corrected chi connectivity index (χ1v) is 8.31. The van der Waals surface area contributed by atoms with E-state index in [-0.39, 0.29) is 10.6 Å². The Morgan fingerprint density at radius 2 is 2.00 bits per heavy atom. The summed E-state index contributed by atoms with van der Waals surface area (Å²) in [5.41, 5.74) is 0.666. The average molecular weight is 302 g/mol. The summed E-state index contributed by atoms with van der Waals surface area (Å²) in [6.45, 7) is 4.08. The Kier molecular flexibility index (Phi) is 4.62. The molecular weight excluding hydrogens is 283 g/mol. The van der Waals surface area contributed by atoms with Crippen molar-refractivity contribution in [2.24, 2.45) is 0 Å². The van der Waals surface area contributed by atoms with Gasteiger partial charge in [-0.1, -0.05) is 6.07 Å². The number of methoxy groups -OCH3 is 1. The molecule has 1 fully saturated rings. The van der Waals surface area contributed by atoms with E-state index in [0.717, 1.165) is 32.4 Å². The number of benzene rings is 1. The fraction of sp³-hybridized carbons (Fsp3) is 0.538. The van der Waals surface area contributed by atoms with Crippen molar-refractivity contribution in [1.29, 1.82) is 0 Å². The van der Waals surface area contributed by atoms with Gasteiger partial charge in [0.15, 0.2) is 21.4 Å². The van der Waals surface area contributed by atoms with Gasteiger partial charge >= 0.3 is 0 Å². The highest BCUT2D eigenvalue weighted by atomic mass is 32.2. The predicted molar refractivity (Wildman–Crippen MR) is 74.2 cm³/mol. The Bertz CT molecular complexity index is 584. The Morgan fingerprint density at radius 3 is 2.55 bits per heavy atom. The third kappa shape index (κ3) is 3.28. The molecule has 5 nitrogen and oxygen atoms in total. The minimum atomic E-state index is -3.59. The zero-order chi connectivity index (χ0) is 14.8. The van der Waals surface area contributed by atoms with Crippen LogP contribution in [0.25, 0.3) is 0 Å². The molecule has 0 radical (unpaired) electrons. The predicted octanol–water partition coefficient (Wildman–Crippen LogP) is 0.643. The molecule has 0 spiro atoms. The van der Waals surface area contributed by atoms with E-state index in [4.69, 9.17) is 4.74 Å². The lowest BCUT2D eigenvalue weighted by atomic mass is 10.1. The summed E-state index contributed by atoms with van der Waals surface area (Å²) in [4.78, 5) is 1.85. The molecule has 1 N–H and O–H groups in total. The third-order valence-corrected chi connectivity index (χ3v) is 4.46. The van der Waals surface area contributed by atoms with E-state index < -0.39 is 15.7 Å². The smallest absolute Gasteiger partial charge is 0.183 e. The van der Waals surface area contributed by atoms with Crippen molar-refractivity contribution in [3.63, 3.8) is 0 Å². The van der Waals surface area contributed by atoms with Gasteiger partial charge in [-0.05, 0) is 6.07 Å². The fourth-order valence-electron chi connectivity index (χ4n) is 2.32. The number of ether oxygens (including phenoxy) is 1. The van der Waals surface area contributed by atoms with E-state index in [1.165, 1.54) is 13.2 Å². The van der Waals surface area contributed by atoms with Crippen LogP contribution in [0.15, 0.2) is 17.0 Å². The van der Waals surface area contributed by atoms with Gasteiger partial charge in [0.2, 0.25) is 0 Å². The van der Waals surface area contributed by atoms with Gasteiger partial charge in [0.25, 0.3) is 0 Å². The van der Waals surface area contributed by atoms with Gasteiger partial charge in [-0.15, -0.1) is 0 Å². The minimum absolute atomic E-state index is 0.0199. The summed E-state index contributed by atoms with van der Waals surface area (Å²) in [6.07, 6.45) is 0.987. The normalized spacial score (nSPS) is 17.1. The SMILES string of the molecule is COc1c(CN2CCNCC2)ccc(S(C)(=O)=O)c1F. The van der Waals surface area contributed by atoms with Crippen molar-refractivity contribution < 1.29 is 17.5 Å². The zero-order valence-corrected chi connectivity index (χ0v) is 12.5. The summed E-state index contributed by atoms with van der Waals surface area (Å²) in [5, 5.41) is 3.24. The van der Waals surface area contributed by atoms with Crippen molar-refractivity contribution >= 4 is 9.84 Å². The molecule has 1 aliphatic rings. The monoisotopic (exact) mass is 302 g/mol. The Balaban J connectivity index is 2.32. The molecule has 0 amide bonds. The highest BCUT2D eigenvalue weighted by Crippen LogP contribution is 2.29. The third-order valence-electron chi connectivity index (χ3n) is 3.35. The second-order valence-corrected chi connectivity index (χ2v) is 6.85. The second-order valence-electron chi connectivity index (χ2n) is 4.87. The van der Waals surface area contributed by atoms with Gasteiger partial charge in [-0.2, -0.15) is 0 Å². The molecule has 0 aromatic heterocycles. The van der Waals surface area contributed by atoms with Crippen LogP contribution in [-0.2, 0) is 16.4 Å². The van der Waals surface area contributed by atoms with Crippen molar-refractivity contribution in [2.45, 2.75) is 11.4 Å². The van der Waals surface area contributed by atoms with E-state index in [9.17, 15) is 12.8 Å². The zero-order valence-electron chi connectivity index (χ0n) is 11.6. The summed E-state index contributed by atoms with van der Waals surface area (Å²) >= 11 is 0. The van der Waals surface area contributed by atoms with Crippen LogP contribution in [0.2, 0.25) is 0 Å². The van der Waals surface area contributed by atoms with Crippen LogP contribution in [0.5, 0.6) is 5.75 Å². The van der Waals surface area contributed by atoms with Crippen molar-refractivity contribution in [2.75, 3.05) is 39.5 Å². The number of halogens is 1. The molecule has 0 aliphatic carbocycles. The summed E-state index contributed by atoms with van der Waals surface area (Å²) in [5.74, 6) is -0.783. The molecule has 1 heterocycles. The van der Waals surface area contributed by atoms with Crippen LogP contribution in [0.4, 0.5) is 4.39 Å². The molecule has 0 bridgehead atoms. The van der Waals surface area contributed by atoms with Crippen LogP contribution in [0.1, 0.15) is 5.56 Å². The number of nitrogens with one attached hydrogen (secondary N) is 1. The van der Waals surface area contributed by atoms with Crippen LogP contribution < -0.4 is 10.1 Å². The Hall–Kier alpha value is -1.18. The van der Waals surface area contributed by atoms with E-state index in [1.54, 1.807) is 6.07 Å². The maximum absolute atomic E-state index is 14.2. The number of hydrogen-bond donors (Lipinski definition) is 1. The van der Waals surface area contributed by atoms with Gasteiger partial charge in [-0.3, -0.25) is 4.90 Å². The largest absolute Gasteiger partial charge is 0.493 e. The number of sulfone groups is 1. The molecule has 20 heavy (non-hydrogen) atoms. The lowest BCUT2D eigenvalue weighted by Gasteiger charge is -2.27. The van der Waals surface area contributed by atoms with Gasteiger partial charge in [0.05, 0.1) is 7.11 Å². The van der Waals surface area contributed by atoms with Crippen molar-refractivity contribution in [3.8, 4) is 5.75 Å². The Morgan fingerprint density at radius 1 is 1.35 bits per heavy atom.